The third kappa shape index (κ3) is 5.23. The Hall–Kier alpha value is -2.41. The number of rotatable bonds is 6. The van der Waals surface area contributed by atoms with Crippen LogP contribution in [0.5, 0.6) is 5.75 Å². The minimum Gasteiger partial charge on any atom is -0.481 e. The van der Waals surface area contributed by atoms with E-state index >= 15 is 0 Å². The number of carbonyl (C=O) groups is 3. The van der Waals surface area contributed by atoms with Crippen LogP contribution in [-0.4, -0.2) is 35.0 Å². The molecule has 0 saturated carbocycles. The van der Waals surface area contributed by atoms with Gasteiger partial charge < -0.3 is 20.9 Å². The highest BCUT2D eigenvalue weighted by Crippen LogP contribution is 2.16. The molecule has 21 heavy (non-hydrogen) atoms. The number of nitrogens with one attached hydrogen (secondary N) is 1. The van der Waals surface area contributed by atoms with Gasteiger partial charge in [-0.1, -0.05) is 18.2 Å². The molecule has 0 aliphatic heterocycles. The number of hydrogen-bond donors (Lipinski definition) is 3. The number of para-hydroxylation sites is 1. The van der Waals surface area contributed by atoms with Gasteiger partial charge in [0, 0.05) is 0 Å². The van der Waals surface area contributed by atoms with Gasteiger partial charge in [0.2, 0.25) is 5.91 Å². The van der Waals surface area contributed by atoms with Gasteiger partial charge in [0.25, 0.3) is 0 Å². The number of esters is 1. The van der Waals surface area contributed by atoms with E-state index in [1.54, 1.807) is 25.1 Å². The van der Waals surface area contributed by atoms with Crippen molar-refractivity contribution in [3.63, 3.8) is 0 Å². The average molecular weight is 294 g/mol. The van der Waals surface area contributed by atoms with Gasteiger partial charge in [0.05, 0.1) is 12.5 Å². The van der Waals surface area contributed by atoms with E-state index in [-0.39, 0.29) is 0 Å². The van der Waals surface area contributed by atoms with Crippen LogP contribution in [0.3, 0.4) is 0 Å². The van der Waals surface area contributed by atoms with Crippen molar-refractivity contribution in [1.82, 2.24) is 5.32 Å². The number of aryl methyl sites for hydroxylation is 1. The van der Waals surface area contributed by atoms with Crippen LogP contribution < -0.4 is 15.8 Å². The van der Waals surface area contributed by atoms with E-state index in [1.807, 2.05) is 6.07 Å². The second-order valence-corrected chi connectivity index (χ2v) is 4.62. The summed E-state index contributed by atoms with van der Waals surface area (Å²) in [6, 6.07) is 4.81. The molecule has 0 spiro atoms. The first kappa shape index (κ1) is 16.6. The lowest BCUT2D eigenvalue weighted by Crippen LogP contribution is -2.48. The number of amides is 1. The maximum Gasteiger partial charge on any atom is 0.333 e. The first-order valence-corrected chi connectivity index (χ1v) is 6.36. The summed E-state index contributed by atoms with van der Waals surface area (Å²) in [5.74, 6) is -2.15. The molecule has 0 bridgehead atoms. The maximum absolute atomic E-state index is 11.9. The van der Waals surface area contributed by atoms with Crippen molar-refractivity contribution < 1.29 is 24.2 Å². The number of carboxylic acid groups (broad SMARTS) is 1. The summed E-state index contributed by atoms with van der Waals surface area (Å²) < 4.78 is 5.16. The SMILES string of the molecule is Cc1ccccc1OC(=O)[C@H](C)NC(=O)[C@@H](N)CC(=O)O. The fourth-order valence-corrected chi connectivity index (χ4v) is 1.53. The third-order valence-electron chi connectivity index (χ3n) is 2.75. The van der Waals surface area contributed by atoms with Crippen LogP contribution in [0.25, 0.3) is 0 Å². The molecule has 0 aromatic heterocycles. The van der Waals surface area contributed by atoms with Crippen LogP contribution in [-0.2, 0) is 14.4 Å². The highest BCUT2D eigenvalue weighted by atomic mass is 16.5. The van der Waals surface area contributed by atoms with Crippen molar-refractivity contribution in [3.05, 3.63) is 29.8 Å². The molecule has 1 amide bonds. The Morgan fingerprint density at radius 2 is 1.95 bits per heavy atom. The smallest absolute Gasteiger partial charge is 0.333 e. The van der Waals surface area contributed by atoms with E-state index in [0.29, 0.717) is 5.75 Å². The first-order valence-electron chi connectivity index (χ1n) is 6.36. The van der Waals surface area contributed by atoms with E-state index in [2.05, 4.69) is 5.32 Å². The van der Waals surface area contributed by atoms with Gasteiger partial charge in [0.15, 0.2) is 0 Å². The Bertz CT molecular complexity index is 544. The Balaban J connectivity index is 2.57. The lowest BCUT2D eigenvalue weighted by molar-refractivity contribution is -0.140. The monoisotopic (exact) mass is 294 g/mol. The average Bonchev–Trinajstić information content (AvgIpc) is 2.40. The van der Waals surface area contributed by atoms with Gasteiger partial charge >= 0.3 is 11.9 Å². The molecule has 0 aliphatic rings. The predicted molar refractivity (Wildman–Crippen MR) is 74.6 cm³/mol. The Morgan fingerprint density at radius 1 is 1.33 bits per heavy atom. The van der Waals surface area contributed by atoms with Crippen molar-refractivity contribution in [2.45, 2.75) is 32.4 Å². The van der Waals surface area contributed by atoms with Crippen LogP contribution in [0.4, 0.5) is 0 Å². The number of aliphatic carboxylic acids is 1. The largest absolute Gasteiger partial charge is 0.481 e. The number of hydrogen-bond acceptors (Lipinski definition) is 5. The first-order chi connectivity index (χ1) is 9.81. The van der Waals surface area contributed by atoms with Crippen molar-refractivity contribution in [2.24, 2.45) is 5.73 Å². The minimum absolute atomic E-state index is 0.401. The summed E-state index contributed by atoms with van der Waals surface area (Å²) >= 11 is 0. The van der Waals surface area contributed by atoms with Crippen molar-refractivity contribution in [2.75, 3.05) is 0 Å². The van der Waals surface area contributed by atoms with E-state index < -0.39 is 36.4 Å². The molecule has 114 valence electrons. The number of ether oxygens (including phenoxy) is 1. The maximum atomic E-state index is 11.9. The molecular formula is C14H18N2O5. The summed E-state index contributed by atoms with van der Waals surface area (Å²) in [6.07, 6.45) is -0.509. The lowest BCUT2D eigenvalue weighted by Gasteiger charge is -2.16. The summed E-state index contributed by atoms with van der Waals surface area (Å²) in [5, 5.41) is 10.9. The molecule has 7 heteroatoms. The molecule has 0 fully saturated rings. The molecule has 0 unspecified atom stereocenters. The van der Waals surface area contributed by atoms with Gasteiger partial charge in [-0.25, -0.2) is 4.79 Å². The molecule has 1 aromatic carbocycles. The van der Waals surface area contributed by atoms with Crippen molar-refractivity contribution in [3.8, 4) is 5.75 Å². The molecule has 4 N–H and O–H groups in total. The molecule has 2 atom stereocenters. The minimum atomic E-state index is -1.21. The fraction of sp³-hybridized carbons (Fsp3) is 0.357. The van der Waals surface area contributed by atoms with Gasteiger partial charge in [-0.2, -0.15) is 0 Å². The quantitative estimate of drug-likeness (QED) is 0.509. The molecule has 0 heterocycles. The number of benzene rings is 1. The van der Waals surface area contributed by atoms with Crippen LogP contribution in [0.15, 0.2) is 24.3 Å². The third-order valence-corrected chi connectivity index (χ3v) is 2.75. The van der Waals surface area contributed by atoms with Crippen molar-refractivity contribution in [1.29, 1.82) is 0 Å². The normalized spacial score (nSPS) is 13.1. The van der Waals surface area contributed by atoms with Gasteiger partial charge in [-0.3, -0.25) is 9.59 Å². The predicted octanol–water partition coefficient (Wildman–Crippen LogP) is 0.207. The molecule has 0 saturated heterocycles. The fourth-order valence-electron chi connectivity index (χ4n) is 1.53. The Kier molecular flexibility index (Phi) is 5.86. The van der Waals surface area contributed by atoms with Gasteiger partial charge in [-0.15, -0.1) is 0 Å². The molecular weight excluding hydrogens is 276 g/mol. The van der Waals surface area contributed by atoms with Crippen LogP contribution in [0, 0.1) is 6.92 Å². The molecule has 1 aromatic rings. The van der Waals surface area contributed by atoms with E-state index in [9.17, 15) is 14.4 Å². The highest BCUT2D eigenvalue weighted by molar-refractivity contribution is 5.90. The van der Waals surface area contributed by atoms with Gasteiger partial charge in [0.1, 0.15) is 11.8 Å². The summed E-state index contributed by atoms with van der Waals surface area (Å²) in [6.45, 7) is 3.22. The Morgan fingerprint density at radius 3 is 2.52 bits per heavy atom. The van der Waals surface area contributed by atoms with Crippen LogP contribution >= 0.6 is 0 Å². The second kappa shape index (κ2) is 7.39. The standard InChI is InChI=1S/C14H18N2O5/c1-8-5-3-4-6-11(8)21-14(20)9(2)16-13(19)10(15)7-12(17)18/h3-6,9-10H,7,15H2,1-2H3,(H,16,19)(H,17,18)/t9-,10-/m0/s1. The summed E-state index contributed by atoms with van der Waals surface area (Å²) in [4.78, 5) is 33.9. The van der Waals surface area contributed by atoms with E-state index in [1.165, 1.54) is 6.92 Å². The van der Waals surface area contributed by atoms with Crippen molar-refractivity contribution >= 4 is 17.8 Å². The zero-order valence-corrected chi connectivity index (χ0v) is 11.8. The number of carbonyl (C=O) groups excluding carboxylic acids is 2. The summed E-state index contributed by atoms with van der Waals surface area (Å²) in [7, 11) is 0. The van der Waals surface area contributed by atoms with Gasteiger partial charge in [-0.05, 0) is 25.5 Å². The van der Waals surface area contributed by atoms with E-state index in [4.69, 9.17) is 15.6 Å². The molecule has 0 aliphatic carbocycles. The highest BCUT2D eigenvalue weighted by Gasteiger charge is 2.23. The second-order valence-electron chi connectivity index (χ2n) is 4.62. The summed E-state index contributed by atoms with van der Waals surface area (Å²) in [5.41, 5.74) is 6.18. The number of nitrogens with two attached hydrogens (primary N) is 1. The lowest BCUT2D eigenvalue weighted by atomic mass is 10.2. The molecule has 7 nitrogen and oxygen atoms in total. The molecule has 0 radical (unpaired) electrons. The topological polar surface area (TPSA) is 119 Å². The zero-order valence-electron chi connectivity index (χ0n) is 11.8. The van der Waals surface area contributed by atoms with Crippen LogP contribution in [0.2, 0.25) is 0 Å². The van der Waals surface area contributed by atoms with Crippen LogP contribution in [0.1, 0.15) is 18.9 Å². The zero-order chi connectivity index (χ0) is 16.0. The number of carboxylic acids is 1. The Labute approximate surface area is 122 Å². The van der Waals surface area contributed by atoms with E-state index in [0.717, 1.165) is 5.56 Å². The molecule has 1 rings (SSSR count).